The number of ketones is 1. The third-order valence-corrected chi connectivity index (χ3v) is 7.03. The number of rotatable bonds is 8. The van der Waals surface area contributed by atoms with E-state index in [1.165, 1.54) is 11.3 Å². The van der Waals surface area contributed by atoms with Gasteiger partial charge < -0.3 is 16.4 Å². The van der Waals surface area contributed by atoms with Crippen LogP contribution in [0.4, 0.5) is 0 Å². The van der Waals surface area contributed by atoms with E-state index in [1.54, 1.807) is 12.1 Å². The number of hydrogen-bond donors (Lipinski definition) is 3. The zero-order chi connectivity index (χ0) is 23.2. The zero-order valence-corrected chi connectivity index (χ0v) is 20.1. The summed E-state index contributed by atoms with van der Waals surface area (Å²) in [7, 11) is 0. The number of halogens is 1. The van der Waals surface area contributed by atoms with Gasteiger partial charge >= 0.3 is 0 Å². The van der Waals surface area contributed by atoms with Crippen molar-refractivity contribution in [1.82, 2.24) is 10.6 Å². The van der Waals surface area contributed by atoms with E-state index < -0.39 is 18.0 Å². The molecule has 6 nitrogen and oxygen atoms in total. The van der Waals surface area contributed by atoms with Gasteiger partial charge in [0.15, 0.2) is 5.78 Å². The first-order valence-corrected chi connectivity index (χ1v) is 11.8. The number of nitriles is 1. The van der Waals surface area contributed by atoms with Crippen LogP contribution in [0.1, 0.15) is 45.7 Å². The molecule has 2 heterocycles. The second-order valence-corrected chi connectivity index (χ2v) is 9.25. The highest BCUT2D eigenvalue weighted by Gasteiger charge is 2.35. The third-order valence-electron chi connectivity index (χ3n) is 5.98. The molecule has 0 bridgehead atoms. The van der Waals surface area contributed by atoms with Crippen LogP contribution in [0.5, 0.6) is 0 Å². The molecule has 1 aromatic heterocycles. The molecule has 4 rings (SSSR count). The Morgan fingerprint density at radius 3 is 2.15 bits per heavy atom. The van der Waals surface area contributed by atoms with Crippen molar-refractivity contribution in [2.75, 3.05) is 6.54 Å². The number of carbonyl (C=O) groups excluding carboxylic acids is 2. The minimum absolute atomic E-state index is 0. The fourth-order valence-electron chi connectivity index (χ4n) is 4.30. The van der Waals surface area contributed by atoms with Crippen LogP contribution in [-0.4, -0.2) is 30.3 Å². The molecule has 2 aromatic carbocycles. The average molecular weight is 495 g/mol. The van der Waals surface area contributed by atoms with Crippen molar-refractivity contribution in [2.45, 2.75) is 36.9 Å². The molecule has 4 N–H and O–H groups in total. The Hall–Kier alpha value is -3.02. The number of nitrogens with zero attached hydrogens (tertiary/aromatic N) is 1. The summed E-state index contributed by atoms with van der Waals surface area (Å²) >= 11 is 1.22. The van der Waals surface area contributed by atoms with Crippen molar-refractivity contribution in [1.29, 1.82) is 5.26 Å². The molecular weight excluding hydrogens is 468 g/mol. The lowest BCUT2D eigenvalue weighted by atomic mass is 9.85. The van der Waals surface area contributed by atoms with Crippen LogP contribution in [-0.2, 0) is 9.59 Å². The van der Waals surface area contributed by atoms with Crippen molar-refractivity contribution in [2.24, 2.45) is 5.73 Å². The lowest BCUT2D eigenvalue weighted by Crippen LogP contribution is -2.49. The highest BCUT2D eigenvalue weighted by Crippen LogP contribution is 2.30. The molecule has 8 heteroatoms. The lowest BCUT2D eigenvalue weighted by molar-refractivity contribution is -0.129. The molecule has 0 saturated carbocycles. The minimum Gasteiger partial charge on any atom is -0.340 e. The summed E-state index contributed by atoms with van der Waals surface area (Å²) in [4.78, 5) is 27.9. The molecule has 176 valence electrons. The maximum atomic E-state index is 13.4. The number of carbonyl (C=O) groups is 2. The number of thiophene rings is 1. The molecule has 34 heavy (non-hydrogen) atoms. The summed E-state index contributed by atoms with van der Waals surface area (Å²) in [6, 6.07) is 22.8. The Kier molecular flexibility index (Phi) is 8.97. The second kappa shape index (κ2) is 11.9. The predicted molar refractivity (Wildman–Crippen MR) is 136 cm³/mol. The van der Waals surface area contributed by atoms with Crippen molar-refractivity contribution in [3.05, 3.63) is 93.7 Å². The quantitative estimate of drug-likeness (QED) is 0.442. The van der Waals surface area contributed by atoms with E-state index in [1.807, 2.05) is 60.7 Å². The van der Waals surface area contributed by atoms with Crippen molar-refractivity contribution >= 4 is 35.4 Å². The number of hydrogen-bond acceptors (Lipinski definition) is 6. The molecule has 3 aromatic rings. The number of nitrogens with two attached hydrogens (primary N) is 1. The van der Waals surface area contributed by atoms with Crippen molar-refractivity contribution < 1.29 is 9.59 Å². The van der Waals surface area contributed by atoms with Gasteiger partial charge in [0.2, 0.25) is 5.91 Å². The Morgan fingerprint density at radius 2 is 1.65 bits per heavy atom. The maximum Gasteiger partial charge on any atom is 0.238 e. The van der Waals surface area contributed by atoms with Gasteiger partial charge in [-0.3, -0.25) is 9.59 Å². The fraction of sp³-hybridized carbons (Fsp3) is 0.269. The SMILES string of the molecule is Cl.N#Cc1ccc(C(NC(=O)[C@H](N)C(c2ccccc2)c2ccccc2)C(=O)[C@@H]2CCCN2)s1. The molecule has 1 aliphatic rings. The summed E-state index contributed by atoms with van der Waals surface area (Å²) in [6.45, 7) is 0.772. The van der Waals surface area contributed by atoms with E-state index in [9.17, 15) is 14.9 Å². The molecule has 0 spiro atoms. The summed E-state index contributed by atoms with van der Waals surface area (Å²) in [5.41, 5.74) is 8.40. The minimum atomic E-state index is -0.906. The van der Waals surface area contributed by atoms with Crippen LogP contribution in [0.15, 0.2) is 72.8 Å². The summed E-state index contributed by atoms with van der Waals surface area (Å²) in [5, 5.41) is 15.4. The first-order chi connectivity index (χ1) is 16.1. The molecule has 1 fully saturated rings. The second-order valence-electron chi connectivity index (χ2n) is 8.13. The van der Waals surface area contributed by atoms with Crippen LogP contribution in [0, 0.1) is 11.3 Å². The first kappa shape index (κ1) is 25.6. The summed E-state index contributed by atoms with van der Waals surface area (Å²) < 4.78 is 0. The van der Waals surface area contributed by atoms with Gasteiger partial charge in [0.25, 0.3) is 0 Å². The van der Waals surface area contributed by atoms with E-state index in [-0.39, 0.29) is 30.2 Å². The highest BCUT2D eigenvalue weighted by atomic mass is 35.5. The normalized spacial score (nSPS) is 16.8. The molecular formula is C26H27ClN4O2S. The number of amides is 1. The third kappa shape index (κ3) is 5.72. The first-order valence-electron chi connectivity index (χ1n) is 11.0. The maximum absolute atomic E-state index is 13.4. The molecule has 0 radical (unpaired) electrons. The van der Waals surface area contributed by atoms with Gasteiger partial charge in [0.1, 0.15) is 17.0 Å². The van der Waals surface area contributed by atoms with E-state index in [2.05, 4.69) is 16.7 Å². The Bertz CT molecular complexity index is 1100. The average Bonchev–Trinajstić information content (AvgIpc) is 3.56. The van der Waals surface area contributed by atoms with Gasteiger partial charge in [-0.1, -0.05) is 60.7 Å². The van der Waals surface area contributed by atoms with Gasteiger partial charge in [-0.05, 0) is 42.6 Å². The Morgan fingerprint density at radius 1 is 1.03 bits per heavy atom. The van der Waals surface area contributed by atoms with E-state index in [0.717, 1.165) is 30.5 Å². The van der Waals surface area contributed by atoms with Crippen LogP contribution < -0.4 is 16.4 Å². The van der Waals surface area contributed by atoms with E-state index in [0.29, 0.717) is 9.75 Å². The highest BCUT2D eigenvalue weighted by molar-refractivity contribution is 7.12. The Labute approximate surface area is 209 Å². The molecule has 1 saturated heterocycles. The molecule has 3 atom stereocenters. The van der Waals surface area contributed by atoms with E-state index >= 15 is 0 Å². The monoisotopic (exact) mass is 494 g/mol. The fourth-order valence-corrected chi connectivity index (χ4v) is 5.16. The lowest BCUT2D eigenvalue weighted by Gasteiger charge is -2.27. The predicted octanol–water partition coefficient (Wildman–Crippen LogP) is 3.68. The van der Waals surface area contributed by atoms with Gasteiger partial charge in [-0.15, -0.1) is 23.7 Å². The van der Waals surface area contributed by atoms with Crippen LogP contribution >= 0.6 is 23.7 Å². The molecule has 1 aliphatic heterocycles. The summed E-state index contributed by atoms with van der Waals surface area (Å²) in [5.74, 6) is -0.878. The van der Waals surface area contributed by atoms with Gasteiger partial charge in [0, 0.05) is 10.8 Å². The largest absolute Gasteiger partial charge is 0.340 e. The number of Topliss-reactive ketones (excluding diaryl/α,β-unsaturated/α-hetero) is 1. The van der Waals surface area contributed by atoms with Crippen molar-refractivity contribution in [3.63, 3.8) is 0 Å². The van der Waals surface area contributed by atoms with Crippen LogP contribution in [0.3, 0.4) is 0 Å². The topological polar surface area (TPSA) is 108 Å². The van der Waals surface area contributed by atoms with Crippen LogP contribution in [0.25, 0.3) is 0 Å². The Balaban J connectivity index is 0.00000324. The zero-order valence-electron chi connectivity index (χ0n) is 18.5. The molecule has 1 unspecified atom stereocenters. The summed E-state index contributed by atoms with van der Waals surface area (Å²) in [6.07, 6.45) is 1.64. The standard InChI is InChI=1S/C26H26N4O2S.ClH/c27-16-19-13-14-21(33-19)24(25(31)20-12-7-15-29-20)30-26(32)23(28)22(17-8-3-1-4-9-17)18-10-5-2-6-11-18;/h1-6,8-11,13-14,20,22-24,29H,7,12,15,28H2,(H,30,32);1H/t20-,23+,24?;/m0./s1. The van der Waals surface area contributed by atoms with Crippen molar-refractivity contribution in [3.8, 4) is 6.07 Å². The van der Waals surface area contributed by atoms with Gasteiger partial charge in [0.05, 0.1) is 12.1 Å². The number of nitrogens with one attached hydrogen (secondary N) is 2. The van der Waals surface area contributed by atoms with Gasteiger partial charge in [-0.25, -0.2) is 0 Å². The molecule has 1 amide bonds. The van der Waals surface area contributed by atoms with E-state index in [4.69, 9.17) is 5.73 Å². The number of benzene rings is 2. The van der Waals surface area contributed by atoms with Gasteiger partial charge in [-0.2, -0.15) is 5.26 Å². The molecule has 0 aliphatic carbocycles. The smallest absolute Gasteiger partial charge is 0.238 e. The van der Waals surface area contributed by atoms with Crippen LogP contribution in [0.2, 0.25) is 0 Å².